The number of furan rings is 1. The first-order chi connectivity index (χ1) is 12.2. The third kappa shape index (κ3) is 3.48. The van der Waals surface area contributed by atoms with Gasteiger partial charge in [-0.15, -0.1) is 0 Å². The standard InChI is InChI=1S/C18H24N4O3/c1-14-11-21(13-16(14)20-7-9-24-10-8-20)18(23)17-4-3-15(25-17)12-22-6-2-5-19-22/h2-6,14,16H,7-13H2,1H3/t14-,16+/m1/s1. The number of rotatable bonds is 4. The quantitative estimate of drug-likeness (QED) is 0.837. The number of hydrogen-bond donors (Lipinski definition) is 0. The molecule has 0 radical (unpaired) electrons. The summed E-state index contributed by atoms with van der Waals surface area (Å²) in [5.41, 5.74) is 0. The molecule has 0 saturated carbocycles. The minimum absolute atomic E-state index is 0.0191. The predicted molar refractivity (Wildman–Crippen MR) is 91.3 cm³/mol. The van der Waals surface area contributed by atoms with Crippen LogP contribution in [-0.4, -0.2) is 70.9 Å². The van der Waals surface area contributed by atoms with Crippen LogP contribution in [0.15, 0.2) is 35.0 Å². The second kappa shape index (κ2) is 7.01. The maximum atomic E-state index is 12.8. The monoisotopic (exact) mass is 344 g/mol. The van der Waals surface area contributed by atoms with Crippen molar-refractivity contribution in [1.29, 1.82) is 0 Å². The zero-order valence-corrected chi connectivity index (χ0v) is 14.5. The number of carbonyl (C=O) groups excluding carboxylic acids is 1. The maximum Gasteiger partial charge on any atom is 0.289 e. The van der Waals surface area contributed by atoms with E-state index in [9.17, 15) is 4.79 Å². The van der Waals surface area contributed by atoms with Gasteiger partial charge in [-0.25, -0.2) is 0 Å². The van der Waals surface area contributed by atoms with Gasteiger partial charge in [-0.1, -0.05) is 6.92 Å². The van der Waals surface area contributed by atoms with Gasteiger partial charge in [0, 0.05) is 44.6 Å². The van der Waals surface area contributed by atoms with Crippen LogP contribution in [-0.2, 0) is 11.3 Å². The highest BCUT2D eigenvalue weighted by molar-refractivity contribution is 5.91. The van der Waals surface area contributed by atoms with E-state index in [1.165, 1.54) is 0 Å². The van der Waals surface area contributed by atoms with Crippen molar-refractivity contribution in [3.8, 4) is 0 Å². The van der Waals surface area contributed by atoms with Crippen LogP contribution in [0.1, 0.15) is 23.2 Å². The molecule has 2 aromatic rings. The van der Waals surface area contributed by atoms with Gasteiger partial charge < -0.3 is 14.1 Å². The van der Waals surface area contributed by atoms with Crippen LogP contribution in [0.2, 0.25) is 0 Å². The Balaban J connectivity index is 1.40. The molecular weight excluding hydrogens is 320 g/mol. The summed E-state index contributed by atoms with van der Waals surface area (Å²) in [5.74, 6) is 1.59. The Kier molecular flexibility index (Phi) is 4.59. The summed E-state index contributed by atoms with van der Waals surface area (Å²) in [6.07, 6.45) is 3.60. The number of morpholine rings is 1. The van der Waals surface area contributed by atoms with Gasteiger partial charge >= 0.3 is 0 Å². The lowest BCUT2D eigenvalue weighted by Gasteiger charge is -2.33. The second-order valence-electron chi connectivity index (χ2n) is 6.87. The highest BCUT2D eigenvalue weighted by Gasteiger charge is 2.37. The fourth-order valence-electron chi connectivity index (χ4n) is 3.79. The van der Waals surface area contributed by atoms with Crippen molar-refractivity contribution in [2.45, 2.75) is 19.5 Å². The average Bonchev–Trinajstić information content (AvgIpc) is 3.37. The van der Waals surface area contributed by atoms with Crippen LogP contribution in [0.3, 0.4) is 0 Å². The van der Waals surface area contributed by atoms with E-state index in [-0.39, 0.29) is 5.91 Å². The summed E-state index contributed by atoms with van der Waals surface area (Å²) in [5, 5.41) is 4.16. The molecule has 2 fully saturated rings. The molecule has 7 nitrogen and oxygen atoms in total. The molecule has 25 heavy (non-hydrogen) atoms. The van der Waals surface area contributed by atoms with E-state index in [1.807, 2.05) is 23.2 Å². The van der Waals surface area contributed by atoms with Crippen molar-refractivity contribution in [2.75, 3.05) is 39.4 Å². The predicted octanol–water partition coefficient (Wildman–Crippen LogP) is 1.32. The number of ether oxygens (including phenoxy) is 1. The van der Waals surface area contributed by atoms with Crippen LogP contribution in [0, 0.1) is 5.92 Å². The van der Waals surface area contributed by atoms with Gasteiger partial charge in [0.15, 0.2) is 5.76 Å². The molecule has 0 aliphatic carbocycles. The van der Waals surface area contributed by atoms with Gasteiger partial charge in [0.05, 0.1) is 19.8 Å². The molecule has 0 unspecified atom stereocenters. The van der Waals surface area contributed by atoms with E-state index >= 15 is 0 Å². The minimum Gasteiger partial charge on any atom is -0.454 e. The lowest BCUT2D eigenvalue weighted by Crippen LogP contribution is -2.47. The van der Waals surface area contributed by atoms with Gasteiger partial charge in [-0.2, -0.15) is 5.10 Å². The first-order valence-electron chi connectivity index (χ1n) is 8.88. The van der Waals surface area contributed by atoms with E-state index in [0.717, 1.165) is 45.2 Å². The smallest absolute Gasteiger partial charge is 0.289 e. The molecule has 1 amide bonds. The van der Waals surface area contributed by atoms with Gasteiger partial charge in [0.2, 0.25) is 0 Å². The number of nitrogens with zero attached hydrogens (tertiary/aromatic N) is 4. The van der Waals surface area contributed by atoms with E-state index < -0.39 is 0 Å². The van der Waals surface area contributed by atoms with Gasteiger partial charge in [-0.3, -0.25) is 14.4 Å². The summed E-state index contributed by atoms with van der Waals surface area (Å²) in [6.45, 7) is 7.76. The second-order valence-corrected chi connectivity index (χ2v) is 6.87. The highest BCUT2D eigenvalue weighted by Crippen LogP contribution is 2.24. The Morgan fingerprint density at radius 2 is 2.12 bits per heavy atom. The lowest BCUT2D eigenvalue weighted by atomic mass is 10.0. The first kappa shape index (κ1) is 16.4. The number of likely N-dealkylation sites (tertiary alicyclic amines) is 1. The van der Waals surface area contributed by atoms with Crippen LogP contribution in [0.4, 0.5) is 0 Å². The topological polar surface area (TPSA) is 63.7 Å². The van der Waals surface area contributed by atoms with Gasteiger partial charge in [-0.05, 0) is 24.1 Å². The molecule has 0 N–H and O–H groups in total. The average molecular weight is 344 g/mol. The van der Waals surface area contributed by atoms with Crippen molar-refractivity contribution in [1.82, 2.24) is 19.6 Å². The molecule has 0 spiro atoms. The zero-order chi connectivity index (χ0) is 17.2. The van der Waals surface area contributed by atoms with Crippen molar-refractivity contribution >= 4 is 5.91 Å². The van der Waals surface area contributed by atoms with E-state index in [1.54, 1.807) is 16.9 Å². The number of aromatic nitrogens is 2. The molecule has 134 valence electrons. The first-order valence-corrected chi connectivity index (χ1v) is 8.88. The summed E-state index contributed by atoms with van der Waals surface area (Å²) < 4.78 is 13.0. The van der Waals surface area contributed by atoms with Crippen molar-refractivity contribution < 1.29 is 13.9 Å². The van der Waals surface area contributed by atoms with Crippen LogP contribution < -0.4 is 0 Å². The minimum atomic E-state index is -0.0191. The molecule has 7 heteroatoms. The Hall–Kier alpha value is -2.12. The van der Waals surface area contributed by atoms with Gasteiger partial charge in [0.1, 0.15) is 5.76 Å². The molecule has 0 aromatic carbocycles. The summed E-state index contributed by atoms with van der Waals surface area (Å²) in [7, 11) is 0. The molecule has 2 aromatic heterocycles. The van der Waals surface area contributed by atoms with Crippen molar-refractivity contribution in [2.24, 2.45) is 5.92 Å². The number of hydrogen-bond acceptors (Lipinski definition) is 5. The number of amides is 1. The summed E-state index contributed by atoms with van der Waals surface area (Å²) >= 11 is 0. The third-order valence-electron chi connectivity index (χ3n) is 5.12. The third-order valence-corrected chi connectivity index (χ3v) is 5.12. The van der Waals surface area contributed by atoms with E-state index in [4.69, 9.17) is 9.15 Å². The number of carbonyl (C=O) groups is 1. The summed E-state index contributed by atoms with van der Waals surface area (Å²) in [6, 6.07) is 5.90. The lowest BCUT2D eigenvalue weighted by molar-refractivity contribution is 0.0118. The fraction of sp³-hybridized carbons (Fsp3) is 0.556. The zero-order valence-electron chi connectivity index (χ0n) is 14.5. The van der Waals surface area contributed by atoms with Crippen molar-refractivity contribution in [3.63, 3.8) is 0 Å². The van der Waals surface area contributed by atoms with E-state index in [2.05, 4.69) is 16.9 Å². The molecule has 0 bridgehead atoms. The molecule has 4 heterocycles. The molecule has 4 rings (SSSR count). The van der Waals surface area contributed by atoms with Gasteiger partial charge in [0.25, 0.3) is 5.91 Å². The van der Waals surface area contributed by atoms with Crippen molar-refractivity contribution in [3.05, 3.63) is 42.1 Å². The SMILES string of the molecule is C[C@@H]1CN(C(=O)c2ccc(Cn3cccn3)o2)C[C@@H]1N1CCOCC1. The van der Waals surface area contributed by atoms with Crippen LogP contribution >= 0.6 is 0 Å². The normalized spacial score (nSPS) is 24.8. The van der Waals surface area contributed by atoms with Crippen LogP contribution in [0.25, 0.3) is 0 Å². The Morgan fingerprint density at radius 1 is 1.28 bits per heavy atom. The maximum absolute atomic E-state index is 12.8. The van der Waals surface area contributed by atoms with E-state index in [0.29, 0.717) is 24.3 Å². The Morgan fingerprint density at radius 3 is 2.88 bits per heavy atom. The largest absolute Gasteiger partial charge is 0.454 e. The Bertz CT molecular complexity index is 706. The van der Waals surface area contributed by atoms with Crippen LogP contribution in [0.5, 0.6) is 0 Å². The molecule has 2 aliphatic rings. The molecular formula is C18H24N4O3. The Labute approximate surface area is 147 Å². The fourth-order valence-corrected chi connectivity index (χ4v) is 3.79. The molecule has 2 saturated heterocycles. The molecule has 2 atom stereocenters. The summed E-state index contributed by atoms with van der Waals surface area (Å²) in [4.78, 5) is 17.2. The highest BCUT2D eigenvalue weighted by atomic mass is 16.5. The molecule has 2 aliphatic heterocycles.